The van der Waals surface area contributed by atoms with Gasteiger partial charge in [0.05, 0.1) is 23.0 Å². The Labute approximate surface area is 227 Å². The molecule has 2 aromatic carbocycles. The quantitative estimate of drug-likeness (QED) is 0.392. The molecule has 2 N–H and O–H groups in total. The molecule has 0 aliphatic carbocycles. The summed E-state index contributed by atoms with van der Waals surface area (Å²) >= 11 is 12.1. The summed E-state index contributed by atoms with van der Waals surface area (Å²) in [5.74, 6) is 0.169. The molecule has 1 heterocycles. The van der Waals surface area contributed by atoms with Crippen LogP contribution in [-0.2, 0) is 21.2 Å². The van der Waals surface area contributed by atoms with Crippen molar-refractivity contribution >= 4 is 50.9 Å². The number of hydrogen-bond acceptors (Lipinski definition) is 6. The molecule has 1 aliphatic rings. The van der Waals surface area contributed by atoms with Crippen LogP contribution in [0.2, 0.25) is 10.0 Å². The Kier molecular flexibility index (Phi) is 9.94. The highest BCUT2D eigenvalue weighted by Crippen LogP contribution is 2.30. The fourth-order valence-corrected chi connectivity index (χ4v) is 5.87. The molecule has 200 valence electrons. The number of sulfone groups is 1. The lowest BCUT2D eigenvalue weighted by atomic mass is 10.1. The maximum Gasteiger partial charge on any atom is 0.413 e. The first-order valence-electron chi connectivity index (χ1n) is 11.8. The zero-order chi connectivity index (χ0) is 27.2. The maximum atomic E-state index is 12.6. The van der Waals surface area contributed by atoms with Crippen LogP contribution in [0.3, 0.4) is 0 Å². The van der Waals surface area contributed by atoms with Crippen molar-refractivity contribution in [1.82, 2.24) is 15.1 Å². The molecule has 2 aromatic rings. The predicted molar refractivity (Wildman–Crippen MR) is 144 cm³/mol. The van der Waals surface area contributed by atoms with Crippen LogP contribution in [0.25, 0.3) is 0 Å². The number of amidine groups is 1. The van der Waals surface area contributed by atoms with Crippen LogP contribution < -0.4 is 5.32 Å². The standard InChI is InChI=1S/C25H30Cl2N4O5S/c1-17-20(26)10-11-21(23(17)27)37(35,36)16-28-12-4-3-5-22(32)30(2)15-18-6-8-19(9-7-18)24-29-13-14-31(24)25(33)34/h6-11,28H,3-5,12-16H2,1-2H3,(H,33,34). The average Bonchev–Trinajstić information content (AvgIpc) is 3.35. The summed E-state index contributed by atoms with van der Waals surface area (Å²) in [5, 5.41) is 12.7. The van der Waals surface area contributed by atoms with Crippen molar-refractivity contribution in [3.8, 4) is 0 Å². The maximum absolute atomic E-state index is 12.6. The van der Waals surface area contributed by atoms with E-state index in [9.17, 15) is 23.1 Å². The smallest absolute Gasteiger partial charge is 0.413 e. The van der Waals surface area contributed by atoms with Gasteiger partial charge in [-0.1, -0.05) is 47.5 Å². The molecule has 0 bridgehead atoms. The van der Waals surface area contributed by atoms with E-state index in [1.54, 1.807) is 18.9 Å². The Morgan fingerprint density at radius 2 is 1.84 bits per heavy atom. The molecule has 0 aromatic heterocycles. The molecule has 0 saturated carbocycles. The Balaban J connectivity index is 1.39. The second-order valence-electron chi connectivity index (χ2n) is 8.79. The number of aliphatic imine (C=N–C) groups is 1. The van der Waals surface area contributed by atoms with Crippen molar-refractivity contribution in [1.29, 1.82) is 0 Å². The van der Waals surface area contributed by atoms with E-state index in [0.29, 0.717) is 61.9 Å². The van der Waals surface area contributed by atoms with Crippen LogP contribution in [-0.4, -0.2) is 73.7 Å². The normalized spacial score (nSPS) is 13.5. The SMILES string of the molecule is Cc1c(Cl)ccc(S(=O)(=O)CNCCCCC(=O)N(C)Cc2ccc(C3=NCCN3C(=O)O)cc2)c1Cl. The number of hydrogen-bond donors (Lipinski definition) is 2. The molecule has 37 heavy (non-hydrogen) atoms. The predicted octanol–water partition coefficient (Wildman–Crippen LogP) is 4.19. The second kappa shape index (κ2) is 12.7. The van der Waals surface area contributed by atoms with Crippen LogP contribution in [0.1, 0.15) is 36.0 Å². The van der Waals surface area contributed by atoms with Gasteiger partial charge in [0.25, 0.3) is 0 Å². The molecule has 0 unspecified atom stereocenters. The molecule has 3 rings (SSSR count). The lowest BCUT2D eigenvalue weighted by Gasteiger charge is -2.18. The first-order chi connectivity index (χ1) is 17.5. The molecule has 0 fully saturated rings. The average molecular weight is 570 g/mol. The van der Waals surface area contributed by atoms with Crippen LogP contribution >= 0.6 is 23.2 Å². The summed E-state index contributed by atoms with van der Waals surface area (Å²) in [4.78, 5) is 31.0. The second-order valence-corrected chi connectivity index (χ2v) is 11.5. The number of benzene rings is 2. The molecule has 9 nitrogen and oxygen atoms in total. The van der Waals surface area contributed by atoms with Crippen molar-refractivity contribution < 1.29 is 23.1 Å². The minimum atomic E-state index is -3.61. The number of carboxylic acid groups (broad SMARTS) is 1. The van der Waals surface area contributed by atoms with E-state index in [1.165, 1.54) is 17.0 Å². The van der Waals surface area contributed by atoms with Crippen LogP contribution in [0, 0.1) is 6.92 Å². The zero-order valence-corrected chi connectivity index (χ0v) is 23.0. The lowest BCUT2D eigenvalue weighted by Crippen LogP contribution is -2.33. The van der Waals surface area contributed by atoms with Gasteiger partial charge in [0.1, 0.15) is 11.7 Å². The van der Waals surface area contributed by atoms with Gasteiger partial charge in [0.2, 0.25) is 5.91 Å². The number of unbranched alkanes of at least 4 members (excludes halogenated alkanes) is 1. The van der Waals surface area contributed by atoms with Crippen LogP contribution in [0.5, 0.6) is 0 Å². The van der Waals surface area contributed by atoms with Gasteiger partial charge in [0.15, 0.2) is 9.84 Å². The molecule has 0 atom stereocenters. The Bertz CT molecular complexity index is 1280. The first kappa shape index (κ1) is 28.9. The lowest BCUT2D eigenvalue weighted by molar-refractivity contribution is -0.130. The number of carbonyl (C=O) groups is 2. The highest BCUT2D eigenvalue weighted by Gasteiger charge is 2.24. The molecule has 1 aliphatic heterocycles. The van der Waals surface area contributed by atoms with Crippen LogP contribution in [0.15, 0.2) is 46.3 Å². The Morgan fingerprint density at radius 3 is 2.51 bits per heavy atom. The van der Waals surface area contributed by atoms with E-state index in [-0.39, 0.29) is 21.7 Å². The van der Waals surface area contributed by atoms with Crippen molar-refractivity contribution in [2.75, 3.05) is 32.6 Å². The van der Waals surface area contributed by atoms with Gasteiger partial charge in [-0.05, 0) is 49.6 Å². The number of carbonyl (C=O) groups excluding carboxylic acids is 1. The van der Waals surface area contributed by atoms with Crippen molar-refractivity contribution in [3.05, 3.63) is 63.1 Å². The van der Waals surface area contributed by atoms with Gasteiger partial charge < -0.3 is 15.3 Å². The molecule has 0 saturated heterocycles. The first-order valence-corrected chi connectivity index (χ1v) is 14.2. The fraction of sp³-hybridized carbons (Fsp3) is 0.400. The summed E-state index contributed by atoms with van der Waals surface area (Å²) < 4.78 is 25.2. The minimum absolute atomic E-state index is 0.0164. The summed E-state index contributed by atoms with van der Waals surface area (Å²) in [5.41, 5.74) is 2.17. The van der Waals surface area contributed by atoms with E-state index >= 15 is 0 Å². The van der Waals surface area contributed by atoms with Gasteiger partial charge in [-0.2, -0.15) is 0 Å². The summed E-state index contributed by atoms with van der Waals surface area (Å²) in [7, 11) is -1.89. The fourth-order valence-electron chi connectivity index (χ4n) is 3.88. The number of amides is 2. The van der Waals surface area contributed by atoms with Crippen LogP contribution in [0.4, 0.5) is 4.79 Å². The summed E-state index contributed by atoms with van der Waals surface area (Å²) in [6.07, 6.45) is 0.569. The molecule has 12 heteroatoms. The summed E-state index contributed by atoms with van der Waals surface area (Å²) in [6, 6.07) is 10.3. The molecule has 2 amide bonds. The highest BCUT2D eigenvalue weighted by atomic mass is 35.5. The largest absolute Gasteiger partial charge is 0.465 e. The van der Waals surface area contributed by atoms with Crippen molar-refractivity contribution in [2.24, 2.45) is 4.99 Å². The zero-order valence-electron chi connectivity index (χ0n) is 20.7. The monoisotopic (exact) mass is 568 g/mol. The molecular formula is C25H30Cl2N4O5S. The molecule has 0 radical (unpaired) electrons. The number of rotatable bonds is 11. The Morgan fingerprint density at radius 1 is 1.14 bits per heavy atom. The number of nitrogens with one attached hydrogen (secondary N) is 1. The van der Waals surface area contributed by atoms with E-state index in [0.717, 1.165) is 11.1 Å². The van der Waals surface area contributed by atoms with Gasteiger partial charge in [-0.15, -0.1) is 0 Å². The van der Waals surface area contributed by atoms with Gasteiger partial charge in [-0.3, -0.25) is 14.7 Å². The number of nitrogens with zero attached hydrogens (tertiary/aromatic N) is 3. The van der Waals surface area contributed by atoms with Gasteiger partial charge in [-0.25, -0.2) is 13.2 Å². The van der Waals surface area contributed by atoms with E-state index in [2.05, 4.69) is 10.3 Å². The minimum Gasteiger partial charge on any atom is -0.465 e. The molecular weight excluding hydrogens is 539 g/mol. The van der Waals surface area contributed by atoms with E-state index in [4.69, 9.17) is 23.2 Å². The Hall–Kier alpha value is -2.66. The summed E-state index contributed by atoms with van der Waals surface area (Å²) in [6.45, 7) is 3.33. The third-order valence-electron chi connectivity index (χ3n) is 6.04. The van der Waals surface area contributed by atoms with Gasteiger partial charge >= 0.3 is 6.09 Å². The van der Waals surface area contributed by atoms with Gasteiger partial charge in [0, 0.05) is 30.6 Å². The van der Waals surface area contributed by atoms with Crippen molar-refractivity contribution in [3.63, 3.8) is 0 Å². The third kappa shape index (κ3) is 7.44. The third-order valence-corrected chi connectivity index (χ3v) is 8.64. The molecule has 0 spiro atoms. The van der Waals surface area contributed by atoms with E-state index in [1.807, 2.05) is 24.3 Å². The topological polar surface area (TPSA) is 119 Å². The number of halogens is 2. The van der Waals surface area contributed by atoms with E-state index < -0.39 is 15.9 Å². The van der Waals surface area contributed by atoms with Crippen molar-refractivity contribution in [2.45, 2.75) is 37.6 Å². The highest BCUT2D eigenvalue weighted by molar-refractivity contribution is 7.91.